The molecule has 0 saturated carbocycles. The Hall–Kier alpha value is -2.62. The maximum absolute atomic E-state index is 11.8. The van der Waals surface area contributed by atoms with Gasteiger partial charge in [-0.2, -0.15) is 5.10 Å². The first-order valence-electron chi connectivity index (χ1n) is 5.81. The van der Waals surface area contributed by atoms with Crippen molar-refractivity contribution in [2.75, 3.05) is 5.73 Å². The number of hydrazone groups is 1. The van der Waals surface area contributed by atoms with Crippen LogP contribution in [0.3, 0.4) is 0 Å². The topological polar surface area (TPSA) is 67.5 Å². The Balaban J connectivity index is 2.65. The molecule has 19 heavy (non-hydrogen) atoms. The minimum absolute atomic E-state index is 0.287. The van der Waals surface area contributed by atoms with Gasteiger partial charge in [-0.25, -0.2) is 5.43 Å². The number of nitrogens with zero attached hydrogens (tertiary/aromatic N) is 1. The number of allylic oxidation sites excluding steroid dienone is 3. The second-order valence-corrected chi connectivity index (χ2v) is 3.72. The van der Waals surface area contributed by atoms with Gasteiger partial charge in [0.25, 0.3) is 5.91 Å². The standard InChI is InChI=1S/C15H17N3O/c1-3-5-13(6-4-2)15(19)18-17-11-12-7-9-14(16)10-8-12/h3-11H,1,16H2,2H3,(H,18,19). The van der Waals surface area contributed by atoms with Crippen molar-refractivity contribution >= 4 is 17.8 Å². The first kappa shape index (κ1) is 14.4. The highest BCUT2D eigenvalue weighted by atomic mass is 16.2. The van der Waals surface area contributed by atoms with Crippen LogP contribution in [-0.2, 0) is 4.79 Å². The summed E-state index contributed by atoms with van der Waals surface area (Å²) in [6.45, 7) is 5.40. The lowest BCUT2D eigenvalue weighted by atomic mass is 10.2. The lowest BCUT2D eigenvalue weighted by Crippen LogP contribution is -2.18. The molecule has 0 fully saturated rings. The molecular formula is C15H17N3O. The van der Waals surface area contributed by atoms with Crippen molar-refractivity contribution in [2.45, 2.75) is 6.92 Å². The Bertz CT molecular complexity index is 525. The van der Waals surface area contributed by atoms with Crippen molar-refractivity contribution < 1.29 is 4.79 Å². The number of nitrogens with one attached hydrogen (secondary N) is 1. The van der Waals surface area contributed by atoms with Gasteiger partial charge in [-0.15, -0.1) is 0 Å². The van der Waals surface area contributed by atoms with E-state index < -0.39 is 0 Å². The predicted octanol–water partition coefficient (Wildman–Crippen LogP) is 2.41. The number of nitrogen functional groups attached to an aromatic ring is 1. The molecule has 0 unspecified atom stereocenters. The summed E-state index contributed by atoms with van der Waals surface area (Å²) in [4.78, 5) is 11.8. The van der Waals surface area contributed by atoms with Crippen molar-refractivity contribution in [3.8, 4) is 0 Å². The Morgan fingerprint density at radius 3 is 2.63 bits per heavy atom. The molecule has 98 valence electrons. The predicted molar refractivity (Wildman–Crippen MR) is 79.7 cm³/mol. The minimum atomic E-state index is -0.287. The molecular weight excluding hydrogens is 238 g/mol. The summed E-state index contributed by atoms with van der Waals surface area (Å²) in [5.74, 6) is -0.287. The van der Waals surface area contributed by atoms with E-state index in [2.05, 4.69) is 17.1 Å². The number of benzene rings is 1. The third-order valence-electron chi connectivity index (χ3n) is 2.22. The van der Waals surface area contributed by atoms with Crippen LogP contribution in [0.15, 0.2) is 65.8 Å². The molecule has 0 bridgehead atoms. The third kappa shape index (κ3) is 5.04. The zero-order chi connectivity index (χ0) is 14.1. The molecule has 1 aromatic carbocycles. The van der Waals surface area contributed by atoms with E-state index in [9.17, 15) is 4.79 Å². The molecule has 0 aliphatic heterocycles. The van der Waals surface area contributed by atoms with Crippen LogP contribution in [0.1, 0.15) is 12.5 Å². The quantitative estimate of drug-likeness (QED) is 0.279. The number of anilines is 1. The number of carbonyl (C=O) groups is 1. The molecule has 0 saturated heterocycles. The van der Waals surface area contributed by atoms with Gasteiger partial charge in [-0.3, -0.25) is 4.79 Å². The summed E-state index contributed by atoms with van der Waals surface area (Å²) in [5, 5.41) is 3.88. The van der Waals surface area contributed by atoms with Crippen molar-refractivity contribution in [1.29, 1.82) is 0 Å². The van der Waals surface area contributed by atoms with Crippen molar-refractivity contribution in [2.24, 2.45) is 5.10 Å². The number of amides is 1. The zero-order valence-corrected chi connectivity index (χ0v) is 10.8. The zero-order valence-electron chi connectivity index (χ0n) is 10.8. The van der Waals surface area contributed by atoms with Crippen LogP contribution in [0.25, 0.3) is 0 Å². The largest absolute Gasteiger partial charge is 0.399 e. The molecule has 0 heterocycles. The fraction of sp³-hybridized carbons (Fsp3) is 0.0667. The SMILES string of the molecule is C=CC=C(C=CC)C(=O)NN=Cc1ccc(N)cc1. The van der Waals surface area contributed by atoms with Gasteiger partial charge in [-0.05, 0) is 30.7 Å². The van der Waals surface area contributed by atoms with E-state index in [0.29, 0.717) is 11.3 Å². The van der Waals surface area contributed by atoms with E-state index in [-0.39, 0.29) is 5.91 Å². The van der Waals surface area contributed by atoms with E-state index >= 15 is 0 Å². The molecule has 0 aliphatic carbocycles. The van der Waals surface area contributed by atoms with Gasteiger partial charge in [0.1, 0.15) is 0 Å². The lowest BCUT2D eigenvalue weighted by Gasteiger charge is -1.99. The highest BCUT2D eigenvalue weighted by molar-refractivity contribution is 5.97. The molecule has 1 rings (SSSR count). The fourth-order valence-corrected chi connectivity index (χ4v) is 1.33. The van der Waals surface area contributed by atoms with E-state index in [1.807, 2.05) is 19.1 Å². The van der Waals surface area contributed by atoms with Crippen LogP contribution in [0.2, 0.25) is 0 Å². The number of hydrogen-bond acceptors (Lipinski definition) is 3. The van der Waals surface area contributed by atoms with Crippen molar-refractivity contribution in [3.05, 3.63) is 66.3 Å². The van der Waals surface area contributed by atoms with E-state index in [0.717, 1.165) is 5.56 Å². The van der Waals surface area contributed by atoms with Crippen molar-refractivity contribution in [1.82, 2.24) is 5.43 Å². The van der Waals surface area contributed by atoms with Gasteiger partial charge in [-0.1, -0.05) is 36.9 Å². The molecule has 1 amide bonds. The Kier molecular flexibility index (Phi) is 5.82. The minimum Gasteiger partial charge on any atom is -0.399 e. The summed E-state index contributed by atoms with van der Waals surface area (Å²) in [7, 11) is 0. The van der Waals surface area contributed by atoms with Gasteiger partial charge in [0.15, 0.2) is 0 Å². The average Bonchev–Trinajstić information content (AvgIpc) is 2.40. The average molecular weight is 255 g/mol. The second-order valence-electron chi connectivity index (χ2n) is 3.72. The van der Waals surface area contributed by atoms with E-state index in [1.54, 1.807) is 42.7 Å². The second kappa shape index (κ2) is 7.66. The van der Waals surface area contributed by atoms with E-state index in [4.69, 9.17) is 5.73 Å². The van der Waals surface area contributed by atoms with Crippen molar-refractivity contribution in [3.63, 3.8) is 0 Å². The maximum Gasteiger partial charge on any atom is 0.271 e. The smallest absolute Gasteiger partial charge is 0.271 e. The maximum atomic E-state index is 11.8. The normalized spacial score (nSPS) is 11.9. The Morgan fingerprint density at radius 2 is 2.05 bits per heavy atom. The molecule has 4 heteroatoms. The Morgan fingerprint density at radius 1 is 1.37 bits per heavy atom. The van der Waals surface area contributed by atoms with Crippen LogP contribution in [0.5, 0.6) is 0 Å². The summed E-state index contributed by atoms with van der Waals surface area (Å²) in [5.41, 5.74) is 10.1. The fourth-order valence-electron chi connectivity index (χ4n) is 1.33. The van der Waals surface area contributed by atoms with Gasteiger partial charge in [0, 0.05) is 11.3 Å². The first-order chi connectivity index (χ1) is 9.17. The molecule has 0 atom stereocenters. The molecule has 0 aliphatic rings. The number of hydrogen-bond donors (Lipinski definition) is 2. The number of rotatable bonds is 5. The van der Waals surface area contributed by atoms with Gasteiger partial charge in [0.05, 0.1) is 6.21 Å². The molecule has 3 N–H and O–H groups in total. The lowest BCUT2D eigenvalue weighted by molar-refractivity contribution is -0.117. The van der Waals surface area contributed by atoms with Crippen LogP contribution >= 0.6 is 0 Å². The summed E-state index contributed by atoms with van der Waals surface area (Å²) >= 11 is 0. The molecule has 4 nitrogen and oxygen atoms in total. The monoisotopic (exact) mass is 255 g/mol. The highest BCUT2D eigenvalue weighted by Gasteiger charge is 2.02. The van der Waals surface area contributed by atoms with Gasteiger partial charge in [0.2, 0.25) is 0 Å². The number of carbonyl (C=O) groups excluding carboxylic acids is 1. The van der Waals surface area contributed by atoms with Crippen LogP contribution in [0, 0.1) is 0 Å². The Labute approximate surface area is 113 Å². The molecule has 0 aromatic heterocycles. The van der Waals surface area contributed by atoms with Gasteiger partial charge >= 0.3 is 0 Å². The summed E-state index contributed by atoms with van der Waals surface area (Å²) in [6.07, 6.45) is 8.19. The van der Waals surface area contributed by atoms with Crippen LogP contribution < -0.4 is 11.2 Å². The molecule has 0 spiro atoms. The van der Waals surface area contributed by atoms with E-state index in [1.165, 1.54) is 0 Å². The van der Waals surface area contributed by atoms with Crippen LogP contribution in [-0.4, -0.2) is 12.1 Å². The summed E-state index contributed by atoms with van der Waals surface area (Å²) in [6, 6.07) is 7.17. The number of nitrogens with two attached hydrogens (primary N) is 1. The van der Waals surface area contributed by atoms with Crippen LogP contribution in [0.4, 0.5) is 5.69 Å². The van der Waals surface area contributed by atoms with Gasteiger partial charge < -0.3 is 5.73 Å². The summed E-state index contributed by atoms with van der Waals surface area (Å²) < 4.78 is 0. The third-order valence-corrected chi connectivity index (χ3v) is 2.22. The molecule has 0 radical (unpaired) electrons. The molecule has 1 aromatic rings. The first-order valence-corrected chi connectivity index (χ1v) is 5.81. The highest BCUT2D eigenvalue weighted by Crippen LogP contribution is 2.03.